The first-order valence-corrected chi connectivity index (χ1v) is 8.86. The number of halogens is 2. The number of hydrogen-bond donors (Lipinski definition) is 0. The molecule has 1 aromatic rings. The fourth-order valence-corrected chi connectivity index (χ4v) is 3.99. The predicted molar refractivity (Wildman–Crippen MR) is 92.0 cm³/mol. The molecule has 0 N–H and O–H groups in total. The Morgan fingerprint density at radius 2 is 1.65 bits per heavy atom. The molecular weight excluding hydrogens is 335 g/mol. The lowest BCUT2D eigenvalue weighted by molar-refractivity contribution is -0.135. The quantitative estimate of drug-likeness (QED) is 0.811. The van der Waals surface area contributed by atoms with E-state index >= 15 is 0 Å². The molecule has 6 heteroatoms. The van der Waals surface area contributed by atoms with Gasteiger partial charge in [0.05, 0.1) is 21.7 Å². The average molecular weight is 355 g/mol. The van der Waals surface area contributed by atoms with Crippen LogP contribution >= 0.6 is 23.2 Å². The van der Waals surface area contributed by atoms with Crippen molar-refractivity contribution in [1.82, 2.24) is 4.90 Å². The summed E-state index contributed by atoms with van der Waals surface area (Å²) in [4.78, 5) is 28.6. The summed E-state index contributed by atoms with van der Waals surface area (Å²) in [5.41, 5.74) is 0.520. The minimum atomic E-state index is -0.298. The van der Waals surface area contributed by atoms with Gasteiger partial charge in [-0.2, -0.15) is 0 Å². The van der Waals surface area contributed by atoms with Crippen LogP contribution in [0.25, 0.3) is 0 Å². The van der Waals surface area contributed by atoms with Gasteiger partial charge in [-0.15, -0.1) is 0 Å². The Balaban J connectivity index is 1.75. The Labute approximate surface area is 146 Å². The van der Waals surface area contributed by atoms with Crippen molar-refractivity contribution in [2.24, 2.45) is 5.92 Å². The van der Waals surface area contributed by atoms with Gasteiger partial charge in [0.15, 0.2) is 0 Å². The highest BCUT2D eigenvalue weighted by Gasteiger charge is 2.38. The average Bonchev–Trinajstić information content (AvgIpc) is 2.75. The zero-order valence-electron chi connectivity index (χ0n) is 12.9. The van der Waals surface area contributed by atoms with Gasteiger partial charge in [-0.25, -0.2) is 0 Å². The second-order valence-electron chi connectivity index (χ2n) is 6.22. The highest BCUT2D eigenvalue weighted by molar-refractivity contribution is 6.40. The normalized spacial score (nSPS) is 22.3. The molecule has 2 amide bonds. The van der Waals surface area contributed by atoms with Gasteiger partial charge >= 0.3 is 0 Å². The van der Waals surface area contributed by atoms with Crippen molar-refractivity contribution < 1.29 is 9.59 Å². The lowest BCUT2D eigenvalue weighted by Gasteiger charge is -2.24. The van der Waals surface area contributed by atoms with Crippen LogP contribution in [0.1, 0.15) is 32.1 Å². The van der Waals surface area contributed by atoms with Crippen LogP contribution in [-0.4, -0.2) is 36.3 Å². The molecule has 3 rings (SSSR count). The number of hydrogen-bond acceptors (Lipinski definition) is 2. The summed E-state index contributed by atoms with van der Waals surface area (Å²) in [6.07, 6.45) is 4.68. The molecule has 0 bridgehead atoms. The summed E-state index contributed by atoms with van der Waals surface area (Å²) in [6.45, 7) is 1.96. The predicted octanol–water partition coefficient (Wildman–Crippen LogP) is 3.75. The van der Waals surface area contributed by atoms with Crippen molar-refractivity contribution in [3.8, 4) is 0 Å². The SMILES string of the molecule is O=C(C1CC(=O)N(c2c(Cl)cccc2Cl)C1)N1CCCCCC1. The highest BCUT2D eigenvalue weighted by atomic mass is 35.5. The summed E-state index contributed by atoms with van der Waals surface area (Å²) in [7, 11) is 0. The molecule has 0 spiro atoms. The van der Waals surface area contributed by atoms with E-state index in [-0.39, 0.29) is 24.2 Å². The van der Waals surface area contributed by atoms with Gasteiger partial charge < -0.3 is 9.80 Å². The number of likely N-dealkylation sites (tertiary alicyclic amines) is 1. The Morgan fingerprint density at radius 3 is 2.26 bits per heavy atom. The molecule has 4 nitrogen and oxygen atoms in total. The molecule has 2 aliphatic heterocycles. The van der Waals surface area contributed by atoms with Crippen LogP contribution < -0.4 is 4.90 Å². The summed E-state index contributed by atoms with van der Waals surface area (Å²) < 4.78 is 0. The highest BCUT2D eigenvalue weighted by Crippen LogP contribution is 2.37. The van der Waals surface area contributed by atoms with Crippen molar-refractivity contribution in [2.75, 3.05) is 24.5 Å². The molecule has 0 aromatic heterocycles. The molecule has 2 fully saturated rings. The van der Waals surface area contributed by atoms with E-state index in [9.17, 15) is 9.59 Å². The van der Waals surface area contributed by atoms with Gasteiger partial charge in [0.1, 0.15) is 0 Å². The van der Waals surface area contributed by atoms with Gasteiger partial charge in [-0.3, -0.25) is 9.59 Å². The number of anilines is 1. The molecule has 23 heavy (non-hydrogen) atoms. The summed E-state index contributed by atoms with van der Waals surface area (Å²) in [6, 6.07) is 5.16. The maximum absolute atomic E-state index is 12.7. The number of benzene rings is 1. The van der Waals surface area contributed by atoms with Gasteiger partial charge in [-0.1, -0.05) is 42.1 Å². The monoisotopic (exact) mass is 354 g/mol. The molecule has 1 aromatic carbocycles. The van der Waals surface area contributed by atoms with Crippen molar-refractivity contribution in [2.45, 2.75) is 32.1 Å². The molecule has 2 saturated heterocycles. The third kappa shape index (κ3) is 3.48. The molecule has 1 unspecified atom stereocenters. The lowest BCUT2D eigenvalue weighted by Crippen LogP contribution is -2.38. The largest absolute Gasteiger partial charge is 0.342 e. The van der Waals surface area contributed by atoms with Crippen LogP contribution in [0.2, 0.25) is 10.0 Å². The topological polar surface area (TPSA) is 40.6 Å². The van der Waals surface area contributed by atoms with E-state index in [1.165, 1.54) is 12.8 Å². The zero-order valence-corrected chi connectivity index (χ0v) is 14.4. The van der Waals surface area contributed by atoms with Crippen LogP contribution in [0.5, 0.6) is 0 Å². The van der Waals surface area contributed by atoms with Crippen molar-refractivity contribution >= 4 is 40.7 Å². The van der Waals surface area contributed by atoms with E-state index in [2.05, 4.69) is 0 Å². The third-order valence-corrected chi connectivity index (χ3v) is 5.21. The second-order valence-corrected chi connectivity index (χ2v) is 7.03. The first-order chi connectivity index (χ1) is 11.1. The summed E-state index contributed by atoms with van der Waals surface area (Å²) in [5, 5.41) is 0.877. The van der Waals surface area contributed by atoms with Gasteiger partial charge in [0.25, 0.3) is 0 Å². The molecular formula is C17H20Cl2N2O2. The maximum Gasteiger partial charge on any atom is 0.228 e. The van der Waals surface area contributed by atoms with Gasteiger partial charge in [0.2, 0.25) is 11.8 Å². The fourth-order valence-electron chi connectivity index (χ4n) is 3.39. The first-order valence-electron chi connectivity index (χ1n) is 8.11. The van der Waals surface area contributed by atoms with Crippen molar-refractivity contribution in [3.63, 3.8) is 0 Å². The standard InChI is InChI=1S/C17H20Cl2N2O2/c18-13-6-5-7-14(19)16(13)21-11-12(10-15(21)22)17(23)20-8-3-1-2-4-9-20/h5-7,12H,1-4,8-11H2. The van der Waals surface area contributed by atoms with E-state index in [0.29, 0.717) is 22.3 Å². The van der Waals surface area contributed by atoms with E-state index in [0.717, 1.165) is 25.9 Å². The fraction of sp³-hybridized carbons (Fsp3) is 0.529. The van der Waals surface area contributed by atoms with Gasteiger partial charge in [0, 0.05) is 26.1 Å². The molecule has 2 aliphatic rings. The number of carbonyl (C=O) groups is 2. The molecule has 0 radical (unpaired) electrons. The molecule has 0 aliphatic carbocycles. The van der Waals surface area contributed by atoms with Crippen LogP contribution in [0.15, 0.2) is 18.2 Å². The molecule has 0 saturated carbocycles. The minimum absolute atomic E-state index is 0.0888. The molecule has 124 valence electrons. The van der Waals surface area contributed by atoms with E-state index in [1.54, 1.807) is 23.1 Å². The van der Waals surface area contributed by atoms with Crippen LogP contribution in [-0.2, 0) is 9.59 Å². The Kier molecular flexibility index (Phi) is 5.12. The maximum atomic E-state index is 12.7. The van der Waals surface area contributed by atoms with E-state index < -0.39 is 0 Å². The summed E-state index contributed by atoms with van der Waals surface area (Å²) >= 11 is 12.4. The Bertz CT molecular complexity index is 592. The number of amides is 2. The van der Waals surface area contributed by atoms with Crippen molar-refractivity contribution in [3.05, 3.63) is 28.2 Å². The smallest absolute Gasteiger partial charge is 0.228 e. The van der Waals surface area contributed by atoms with Crippen LogP contribution in [0.3, 0.4) is 0 Å². The molecule has 2 heterocycles. The molecule has 1 atom stereocenters. The second kappa shape index (κ2) is 7.10. The lowest BCUT2D eigenvalue weighted by atomic mass is 10.1. The number of nitrogens with zero attached hydrogens (tertiary/aromatic N) is 2. The number of rotatable bonds is 2. The number of para-hydroxylation sites is 1. The van der Waals surface area contributed by atoms with Crippen LogP contribution in [0, 0.1) is 5.92 Å². The van der Waals surface area contributed by atoms with Gasteiger partial charge in [-0.05, 0) is 25.0 Å². The van der Waals surface area contributed by atoms with Crippen LogP contribution in [0.4, 0.5) is 5.69 Å². The third-order valence-electron chi connectivity index (χ3n) is 4.60. The number of carbonyl (C=O) groups excluding carboxylic acids is 2. The first kappa shape index (κ1) is 16.6. The van der Waals surface area contributed by atoms with Crippen molar-refractivity contribution in [1.29, 1.82) is 0 Å². The summed E-state index contributed by atoms with van der Waals surface area (Å²) in [5.74, 6) is -0.299. The Morgan fingerprint density at radius 1 is 1.04 bits per heavy atom. The Hall–Kier alpha value is -1.26. The van der Waals surface area contributed by atoms with E-state index in [1.807, 2.05) is 4.90 Å². The van der Waals surface area contributed by atoms with E-state index in [4.69, 9.17) is 23.2 Å². The minimum Gasteiger partial charge on any atom is -0.342 e. The zero-order chi connectivity index (χ0) is 16.4.